The summed E-state index contributed by atoms with van der Waals surface area (Å²) < 4.78 is 0. The van der Waals surface area contributed by atoms with E-state index in [0.29, 0.717) is 5.41 Å². The van der Waals surface area contributed by atoms with Crippen LogP contribution in [0.4, 0.5) is 0 Å². The minimum atomic E-state index is 0.368. The van der Waals surface area contributed by atoms with Gasteiger partial charge in [-0.3, -0.25) is 0 Å². The molecule has 0 aromatic heterocycles. The van der Waals surface area contributed by atoms with Gasteiger partial charge in [0.25, 0.3) is 0 Å². The van der Waals surface area contributed by atoms with E-state index in [1.807, 2.05) is 0 Å². The number of rotatable bonds is 2. The van der Waals surface area contributed by atoms with Crippen LogP contribution in [0.5, 0.6) is 0 Å². The molecule has 3 unspecified atom stereocenters. The van der Waals surface area contributed by atoms with Crippen molar-refractivity contribution in [3.63, 3.8) is 0 Å². The fourth-order valence-corrected chi connectivity index (χ4v) is 5.53. The van der Waals surface area contributed by atoms with Crippen LogP contribution in [-0.4, -0.2) is 0 Å². The van der Waals surface area contributed by atoms with Gasteiger partial charge in [0, 0.05) is 5.41 Å². The van der Waals surface area contributed by atoms with E-state index in [0.717, 1.165) is 11.8 Å². The van der Waals surface area contributed by atoms with Crippen molar-refractivity contribution < 1.29 is 0 Å². The topological polar surface area (TPSA) is 0 Å². The molecular weight excluding hydrogens is 288 g/mol. The van der Waals surface area contributed by atoms with E-state index < -0.39 is 0 Å². The maximum atomic E-state index is 2.49. The fraction of sp³-hybridized carbons (Fsp3) is 0.500. The maximum Gasteiger partial charge on any atom is 0.00245 e. The molecule has 0 aliphatic heterocycles. The Morgan fingerprint density at radius 2 is 1.88 bits per heavy atom. The summed E-state index contributed by atoms with van der Waals surface area (Å²) in [7, 11) is 0. The zero-order valence-electron chi connectivity index (χ0n) is 15.2. The Labute approximate surface area is 147 Å². The zero-order valence-corrected chi connectivity index (χ0v) is 15.2. The predicted octanol–water partition coefficient (Wildman–Crippen LogP) is 6.25. The van der Waals surface area contributed by atoms with Gasteiger partial charge in [-0.1, -0.05) is 61.0 Å². The van der Waals surface area contributed by atoms with Crippen LogP contribution in [0.25, 0.3) is 0 Å². The standard InChI is InChI=1S/C24H30/c1-18-11-12-23-21(15-18)9-6-10-22-16-19(2)13-14-24(22,23)17-20-7-4-3-5-8-20/h3-5,7-8,11-12,15,19,22H,6,9-10,13-14,16-17H2,1-2H3. The molecule has 24 heavy (non-hydrogen) atoms. The Morgan fingerprint density at radius 3 is 2.71 bits per heavy atom. The molecule has 1 saturated carbocycles. The normalized spacial score (nSPS) is 29.4. The summed E-state index contributed by atoms with van der Waals surface area (Å²) in [5.74, 6) is 1.75. The highest BCUT2D eigenvalue weighted by Crippen LogP contribution is 2.52. The first-order chi connectivity index (χ1) is 11.7. The molecule has 2 aliphatic rings. The monoisotopic (exact) mass is 318 g/mol. The van der Waals surface area contributed by atoms with E-state index >= 15 is 0 Å². The summed E-state index contributed by atoms with van der Waals surface area (Å²) in [4.78, 5) is 0. The molecule has 0 saturated heterocycles. The lowest BCUT2D eigenvalue weighted by Crippen LogP contribution is -2.42. The summed E-state index contributed by atoms with van der Waals surface area (Å²) >= 11 is 0. The van der Waals surface area contributed by atoms with Gasteiger partial charge in [-0.2, -0.15) is 0 Å². The van der Waals surface area contributed by atoms with Crippen molar-refractivity contribution in [2.45, 2.75) is 64.2 Å². The first-order valence-electron chi connectivity index (χ1n) is 9.81. The lowest BCUT2D eigenvalue weighted by Gasteiger charge is -2.47. The van der Waals surface area contributed by atoms with Crippen LogP contribution in [0.2, 0.25) is 0 Å². The van der Waals surface area contributed by atoms with Crippen LogP contribution in [0.15, 0.2) is 48.5 Å². The molecule has 0 spiro atoms. The van der Waals surface area contributed by atoms with Crippen LogP contribution in [0.1, 0.15) is 61.3 Å². The molecular formula is C24H30. The third-order valence-electron chi connectivity index (χ3n) is 6.71. The van der Waals surface area contributed by atoms with E-state index in [9.17, 15) is 0 Å². The second-order valence-corrected chi connectivity index (χ2v) is 8.45. The molecule has 0 nitrogen and oxygen atoms in total. The van der Waals surface area contributed by atoms with E-state index in [2.05, 4.69) is 62.4 Å². The lowest BCUT2D eigenvalue weighted by molar-refractivity contribution is 0.137. The molecule has 4 rings (SSSR count). The van der Waals surface area contributed by atoms with E-state index in [1.165, 1.54) is 56.1 Å². The summed E-state index contributed by atoms with van der Waals surface area (Å²) in [6.45, 7) is 4.71. The van der Waals surface area contributed by atoms with E-state index in [1.54, 1.807) is 11.1 Å². The second-order valence-electron chi connectivity index (χ2n) is 8.45. The molecule has 2 aliphatic carbocycles. The molecule has 0 radical (unpaired) electrons. The molecule has 126 valence electrons. The van der Waals surface area contributed by atoms with E-state index in [4.69, 9.17) is 0 Å². The molecule has 0 heteroatoms. The van der Waals surface area contributed by atoms with Crippen molar-refractivity contribution in [2.75, 3.05) is 0 Å². The predicted molar refractivity (Wildman–Crippen MR) is 102 cm³/mol. The quantitative estimate of drug-likeness (QED) is 0.614. The maximum absolute atomic E-state index is 2.49. The Kier molecular flexibility index (Phi) is 4.24. The average Bonchev–Trinajstić information content (AvgIpc) is 2.72. The highest BCUT2D eigenvalue weighted by Gasteiger charge is 2.45. The highest BCUT2D eigenvalue weighted by molar-refractivity contribution is 5.41. The second kappa shape index (κ2) is 6.39. The number of benzene rings is 2. The van der Waals surface area contributed by atoms with Crippen LogP contribution in [0, 0.1) is 18.8 Å². The first-order valence-corrected chi connectivity index (χ1v) is 9.81. The van der Waals surface area contributed by atoms with Crippen molar-refractivity contribution in [1.82, 2.24) is 0 Å². The summed E-state index contributed by atoms with van der Waals surface area (Å²) in [6, 6.07) is 18.5. The van der Waals surface area contributed by atoms with Crippen LogP contribution < -0.4 is 0 Å². The van der Waals surface area contributed by atoms with Gasteiger partial charge in [0.15, 0.2) is 0 Å². The number of hydrogen-bond donors (Lipinski definition) is 0. The molecule has 3 atom stereocenters. The Morgan fingerprint density at radius 1 is 1.04 bits per heavy atom. The number of hydrogen-bond acceptors (Lipinski definition) is 0. The third kappa shape index (κ3) is 2.81. The lowest BCUT2D eigenvalue weighted by atomic mass is 9.57. The molecule has 0 N–H and O–H groups in total. The Balaban J connectivity index is 1.83. The van der Waals surface area contributed by atoms with Gasteiger partial charge in [0.1, 0.15) is 0 Å². The van der Waals surface area contributed by atoms with Crippen LogP contribution in [0.3, 0.4) is 0 Å². The van der Waals surface area contributed by atoms with Crippen LogP contribution in [-0.2, 0) is 18.3 Å². The molecule has 1 fully saturated rings. The average molecular weight is 319 g/mol. The number of aryl methyl sites for hydroxylation is 2. The van der Waals surface area contributed by atoms with Gasteiger partial charge >= 0.3 is 0 Å². The first kappa shape index (κ1) is 15.9. The molecule has 0 heterocycles. The zero-order chi connectivity index (χ0) is 16.6. The Bertz CT molecular complexity index is 699. The molecule has 0 amide bonds. The van der Waals surface area contributed by atoms with Crippen molar-refractivity contribution >= 4 is 0 Å². The molecule has 2 aromatic rings. The van der Waals surface area contributed by atoms with Crippen molar-refractivity contribution in [1.29, 1.82) is 0 Å². The van der Waals surface area contributed by atoms with Gasteiger partial charge in [-0.15, -0.1) is 0 Å². The number of fused-ring (bicyclic) bond motifs is 3. The highest BCUT2D eigenvalue weighted by atomic mass is 14.5. The van der Waals surface area contributed by atoms with Crippen LogP contribution >= 0.6 is 0 Å². The van der Waals surface area contributed by atoms with Gasteiger partial charge < -0.3 is 0 Å². The fourth-order valence-electron chi connectivity index (χ4n) is 5.53. The van der Waals surface area contributed by atoms with Gasteiger partial charge in [0.2, 0.25) is 0 Å². The summed E-state index contributed by atoms with van der Waals surface area (Å²) in [5, 5.41) is 0. The van der Waals surface area contributed by atoms with Crippen molar-refractivity contribution in [2.24, 2.45) is 11.8 Å². The minimum Gasteiger partial charge on any atom is -0.0625 e. The summed E-state index contributed by atoms with van der Waals surface area (Å²) in [5.41, 5.74) is 6.64. The van der Waals surface area contributed by atoms with Gasteiger partial charge in [-0.05, 0) is 80.4 Å². The SMILES string of the molecule is Cc1ccc2c(c1)CCCC1CC(C)CCC21Cc1ccccc1. The van der Waals surface area contributed by atoms with Gasteiger partial charge in [0.05, 0.1) is 0 Å². The van der Waals surface area contributed by atoms with E-state index in [-0.39, 0.29) is 0 Å². The molecule has 0 bridgehead atoms. The smallest absolute Gasteiger partial charge is 0.00245 e. The minimum absolute atomic E-state index is 0.368. The van der Waals surface area contributed by atoms with Crippen molar-refractivity contribution in [3.8, 4) is 0 Å². The summed E-state index contributed by atoms with van der Waals surface area (Å²) in [6.07, 6.45) is 9.44. The Hall–Kier alpha value is -1.56. The van der Waals surface area contributed by atoms with Crippen molar-refractivity contribution in [3.05, 3.63) is 70.8 Å². The molecule has 2 aromatic carbocycles. The third-order valence-corrected chi connectivity index (χ3v) is 6.71. The largest absolute Gasteiger partial charge is 0.0625 e. The van der Waals surface area contributed by atoms with Gasteiger partial charge in [-0.25, -0.2) is 0 Å².